The van der Waals surface area contributed by atoms with E-state index in [-0.39, 0.29) is 0 Å². The van der Waals surface area contributed by atoms with E-state index in [0.29, 0.717) is 11.0 Å². The maximum atomic E-state index is 6.40. The van der Waals surface area contributed by atoms with Crippen LogP contribution in [0.2, 0.25) is 5.02 Å². The summed E-state index contributed by atoms with van der Waals surface area (Å²) in [6, 6.07) is 7.79. The molecule has 0 unspecified atom stereocenters. The van der Waals surface area contributed by atoms with Gasteiger partial charge in [0.15, 0.2) is 0 Å². The van der Waals surface area contributed by atoms with E-state index >= 15 is 0 Å². The number of benzene rings is 1. The summed E-state index contributed by atoms with van der Waals surface area (Å²) >= 11 is 6.40. The molecule has 0 bridgehead atoms. The molecule has 3 heterocycles. The Labute approximate surface area is 169 Å². The quantitative estimate of drug-likeness (QED) is 0.723. The highest BCUT2D eigenvalue weighted by atomic mass is 35.5. The van der Waals surface area contributed by atoms with Crippen LogP contribution in [0.5, 0.6) is 0 Å². The molecule has 4 rings (SSSR count). The number of rotatable bonds is 4. The first-order valence-corrected chi connectivity index (χ1v) is 9.62. The second kappa shape index (κ2) is 7.98. The standard InChI is InChI=1S/C20H22ClN7/c1-14-12-15(2)18(16(21)13-14)26-19-22-7-4-17(25-19)27-8-10-28(11-9-27)20-23-5-3-6-24-20/h3-7,12-13H,8-11H2,1-2H3,(H,22,25,26). The number of anilines is 4. The minimum Gasteiger partial charge on any atom is -0.353 e. The summed E-state index contributed by atoms with van der Waals surface area (Å²) < 4.78 is 0. The van der Waals surface area contributed by atoms with Gasteiger partial charge in [-0.05, 0) is 43.2 Å². The Kier molecular flexibility index (Phi) is 5.25. The van der Waals surface area contributed by atoms with Crippen molar-refractivity contribution in [3.05, 3.63) is 59.0 Å². The Bertz CT molecular complexity index is 933. The van der Waals surface area contributed by atoms with Crippen LogP contribution < -0.4 is 15.1 Å². The van der Waals surface area contributed by atoms with Crippen LogP contribution in [0.25, 0.3) is 0 Å². The minimum atomic E-state index is 0.542. The summed E-state index contributed by atoms with van der Waals surface area (Å²) in [5.41, 5.74) is 3.04. The van der Waals surface area contributed by atoms with E-state index in [1.165, 1.54) is 0 Å². The number of halogens is 1. The van der Waals surface area contributed by atoms with Gasteiger partial charge in [0.2, 0.25) is 11.9 Å². The molecule has 0 radical (unpaired) electrons. The molecule has 144 valence electrons. The van der Waals surface area contributed by atoms with Crippen molar-refractivity contribution in [1.82, 2.24) is 19.9 Å². The SMILES string of the molecule is Cc1cc(C)c(Nc2nccc(N3CCN(c4ncccn4)CC3)n2)c(Cl)c1. The molecule has 1 fully saturated rings. The lowest BCUT2D eigenvalue weighted by molar-refractivity contribution is 0.634. The Hall–Kier alpha value is -2.93. The molecule has 0 spiro atoms. The van der Waals surface area contributed by atoms with Crippen molar-refractivity contribution in [3.63, 3.8) is 0 Å². The number of hydrogen-bond acceptors (Lipinski definition) is 7. The third-order valence-corrected chi connectivity index (χ3v) is 5.05. The maximum absolute atomic E-state index is 6.40. The first-order chi connectivity index (χ1) is 13.6. The first kappa shape index (κ1) is 18.4. The van der Waals surface area contributed by atoms with Gasteiger partial charge >= 0.3 is 0 Å². The van der Waals surface area contributed by atoms with Crippen LogP contribution in [-0.4, -0.2) is 46.1 Å². The molecular weight excluding hydrogens is 374 g/mol. The van der Waals surface area contributed by atoms with Crippen molar-refractivity contribution in [2.45, 2.75) is 13.8 Å². The first-order valence-electron chi connectivity index (χ1n) is 9.24. The highest BCUT2D eigenvalue weighted by molar-refractivity contribution is 6.33. The summed E-state index contributed by atoms with van der Waals surface area (Å²) in [5.74, 6) is 2.21. The summed E-state index contributed by atoms with van der Waals surface area (Å²) in [7, 11) is 0. The summed E-state index contributed by atoms with van der Waals surface area (Å²) in [6.07, 6.45) is 5.32. The fraction of sp³-hybridized carbons (Fsp3) is 0.300. The van der Waals surface area contributed by atoms with Crippen LogP contribution in [0.15, 0.2) is 42.9 Å². The highest BCUT2D eigenvalue weighted by Crippen LogP contribution is 2.29. The van der Waals surface area contributed by atoms with E-state index in [2.05, 4.69) is 41.1 Å². The average molecular weight is 396 g/mol. The third kappa shape index (κ3) is 3.99. The molecule has 1 aromatic carbocycles. The maximum Gasteiger partial charge on any atom is 0.229 e. The Morgan fingerprint density at radius 3 is 2.36 bits per heavy atom. The van der Waals surface area contributed by atoms with Crippen LogP contribution in [0.1, 0.15) is 11.1 Å². The smallest absolute Gasteiger partial charge is 0.229 e. The van der Waals surface area contributed by atoms with E-state index < -0.39 is 0 Å². The number of nitrogens with one attached hydrogen (secondary N) is 1. The molecule has 1 aliphatic heterocycles. The topological polar surface area (TPSA) is 70.1 Å². The third-order valence-electron chi connectivity index (χ3n) is 4.75. The predicted molar refractivity (Wildman–Crippen MR) is 113 cm³/mol. The molecule has 0 amide bonds. The Morgan fingerprint density at radius 2 is 1.64 bits per heavy atom. The normalized spacial score (nSPS) is 14.2. The molecule has 1 N–H and O–H groups in total. The van der Waals surface area contributed by atoms with Gasteiger partial charge in [0, 0.05) is 44.8 Å². The molecule has 28 heavy (non-hydrogen) atoms. The van der Waals surface area contributed by atoms with Crippen LogP contribution in [0.4, 0.5) is 23.4 Å². The van der Waals surface area contributed by atoms with Crippen LogP contribution in [0, 0.1) is 13.8 Å². The van der Waals surface area contributed by atoms with Crippen LogP contribution >= 0.6 is 11.6 Å². The molecule has 2 aromatic heterocycles. The van der Waals surface area contributed by atoms with Gasteiger partial charge in [-0.15, -0.1) is 0 Å². The monoisotopic (exact) mass is 395 g/mol. The summed E-state index contributed by atoms with van der Waals surface area (Å²) in [5, 5.41) is 3.94. The molecular formula is C20H22ClN7. The second-order valence-electron chi connectivity index (χ2n) is 6.82. The van der Waals surface area contributed by atoms with Crippen LogP contribution in [-0.2, 0) is 0 Å². The largest absolute Gasteiger partial charge is 0.353 e. The molecule has 0 atom stereocenters. The van der Waals surface area contributed by atoms with Gasteiger partial charge in [-0.1, -0.05) is 17.7 Å². The molecule has 1 saturated heterocycles. The highest BCUT2D eigenvalue weighted by Gasteiger charge is 2.20. The summed E-state index contributed by atoms with van der Waals surface area (Å²) in [6.45, 7) is 7.44. The fourth-order valence-corrected chi connectivity index (χ4v) is 3.73. The van der Waals surface area contributed by atoms with Gasteiger partial charge in [0.05, 0.1) is 10.7 Å². The number of aryl methyl sites for hydroxylation is 2. The van der Waals surface area contributed by atoms with E-state index in [4.69, 9.17) is 11.6 Å². The van der Waals surface area contributed by atoms with Crippen molar-refractivity contribution in [2.75, 3.05) is 41.3 Å². The van der Waals surface area contributed by atoms with Crippen molar-refractivity contribution >= 4 is 35.0 Å². The van der Waals surface area contributed by atoms with Crippen LogP contribution in [0.3, 0.4) is 0 Å². The number of hydrogen-bond donors (Lipinski definition) is 1. The van der Waals surface area contributed by atoms with Crippen molar-refractivity contribution < 1.29 is 0 Å². The lowest BCUT2D eigenvalue weighted by Gasteiger charge is -2.35. The van der Waals surface area contributed by atoms with Gasteiger partial charge < -0.3 is 15.1 Å². The summed E-state index contributed by atoms with van der Waals surface area (Å²) in [4.78, 5) is 22.1. The number of aromatic nitrogens is 4. The molecule has 0 aliphatic carbocycles. The molecule has 0 saturated carbocycles. The van der Waals surface area contributed by atoms with Gasteiger partial charge in [0.25, 0.3) is 0 Å². The van der Waals surface area contributed by atoms with E-state index in [9.17, 15) is 0 Å². The van der Waals surface area contributed by atoms with Gasteiger partial charge in [-0.2, -0.15) is 4.98 Å². The van der Waals surface area contributed by atoms with Crippen molar-refractivity contribution in [2.24, 2.45) is 0 Å². The Morgan fingerprint density at radius 1 is 0.929 bits per heavy atom. The van der Waals surface area contributed by atoms with Crippen molar-refractivity contribution in [3.8, 4) is 0 Å². The zero-order valence-corrected chi connectivity index (χ0v) is 16.7. The van der Waals surface area contributed by atoms with E-state index in [1.807, 2.05) is 32.0 Å². The number of nitrogens with zero attached hydrogens (tertiary/aromatic N) is 6. The fourth-order valence-electron chi connectivity index (χ4n) is 3.36. The lowest BCUT2D eigenvalue weighted by atomic mass is 10.1. The minimum absolute atomic E-state index is 0.542. The zero-order chi connectivity index (χ0) is 19.5. The second-order valence-corrected chi connectivity index (χ2v) is 7.23. The average Bonchev–Trinajstić information content (AvgIpc) is 2.72. The van der Waals surface area contributed by atoms with Crippen molar-refractivity contribution in [1.29, 1.82) is 0 Å². The van der Waals surface area contributed by atoms with E-state index in [0.717, 1.165) is 54.8 Å². The van der Waals surface area contributed by atoms with Gasteiger partial charge in [0.1, 0.15) is 5.82 Å². The number of piperazine rings is 1. The molecule has 7 nitrogen and oxygen atoms in total. The predicted octanol–water partition coefficient (Wildman–Crippen LogP) is 3.61. The molecule has 8 heteroatoms. The van der Waals surface area contributed by atoms with Gasteiger partial charge in [-0.3, -0.25) is 0 Å². The zero-order valence-electron chi connectivity index (χ0n) is 15.9. The molecule has 1 aliphatic rings. The Balaban J connectivity index is 1.46. The van der Waals surface area contributed by atoms with Gasteiger partial charge in [-0.25, -0.2) is 15.0 Å². The van der Waals surface area contributed by atoms with E-state index in [1.54, 1.807) is 18.6 Å². The molecule has 3 aromatic rings. The lowest BCUT2D eigenvalue weighted by Crippen LogP contribution is -2.47.